The van der Waals surface area contributed by atoms with Crippen LogP contribution in [0.4, 0.5) is 25.2 Å². The first kappa shape index (κ1) is 29.5. The Labute approximate surface area is 252 Å². The van der Waals surface area contributed by atoms with E-state index in [0.717, 1.165) is 19.4 Å². The van der Waals surface area contributed by atoms with Gasteiger partial charge in [-0.2, -0.15) is 15.0 Å². The second-order valence-corrected chi connectivity index (χ2v) is 12.6. The number of fused-ring (bicyclic) bond motifs is 1. The van der Waals surface area contributed by atoms with Gasteiger partial charge in [-0.3, -0.25) is 10.2 Å². The summed E-state index contributed by atoms with van der Waals surface area (Å²) in [4.78, 5) is 34.3. The van der Waals surface area contributed by atoms with Crippen LogP contribution in [0.3, 0.4) is 0 Å². The van der Waals surface area contributed by atoms with Crippen molar-refractivity contribution >= 4 is 40.2 Å². The maximum Gasteiger partial charge on any atom is 0.413 e. The van der Waals surface area contributed by atoms with Gasteiger partial charge in [0.15, 0.2) is 11.0 Å². The summed E-state index contributed by atoms with van der Waals surface area (Å²) >= 11 is 6.14. The van der Waals surface area contributed by atoms with E-state index in [1.54, 1.807) is 33.0 Å². The van der Waals surface area contributed by atoms with Gasteiger partial charge >= 0.3 is 12.1 Å². The molecule has 0 saturated carbocycles. The summed E-state index contributed by atoms with van der Waals surface area (Å²) in [6.45, 7) is 9.09. The van der Waals surface area contributed by atoms with E-state index in [2.05, 4.69) is 25.2 Å². The van der Waals surface area contributed by atoms with Crippen LogP contribution in [0.1, 0.15) is 58.6 Å². The van der Waals surface area contributed by atoms with Crippen LogP contribution in [-0.4, -0.2) is 81.1 Å². The van der Waals surface area contributed by atoms with Crippen LogP contribution in [0.5, 0.6) is 11.9 Å². The fraction of sp³-hybridized carbons (Fsp3) is 0.552. The average Bonchev–Trinajstić information content (AvgIpc) is 3.40. The van der Waals surface area contributed by atoms with Crippen molar-refractivity contribution in [3.63, 3.8) is 0 Å². The van der Waals surface area contributed by atoms with Crippen molar-refractivity contribution in [2.24, 2.45) is 0 Å². The molecule has 6 heterocycles. The zero-order valence-electron chi connectivity index (χ0n) is 24.5. The van der Waals surface area contributed by atoms with Gasteiger partial charge in [-0.1, -0.05) is 17.7 Å². The maximum atomic E-state index is 15.5. The van der Waals surface area contributed by atoms with E-state index in [0.29, 0.717) is 36.7 Å². The van der Waals surface area contributed by atoms with Crippen LogP contribution < -0.4 is 19.7 Å². The Hall–Kier alpha value is -3.58. The van der Waals surface area contributed by atoms with Crippen molar-refractivity contribution in [3.05, 3.63) is 34.9 Å². The summed E-state index contributed by atoms with van der Waals surface area (Å²) in [5, 5.41) is 2.60. The van der Waals surface area contributed by atoms with Gasteiger partial charge in [-0.15, -0.1) is 0 Å². The number of nitrogens with zero attached hydrogens (tertiary/aromatic N) is 6. The van der Waals surface area contributed by atoms with E-state index in [-0.39, 0.29) is 41.2 Å². The highest BCUT2D eigenvalue weighted by atomic mass is 35.5. The molecule has 0 aliphatic carbocycles. The van der Waals surface area contributed by atoms with Crippen LogP contribution in [-0.2, 0) is 4.74 Å². The molecule has 2 saturated heterocycles. The first-order valence-corrected chi connectivity index (χ1v) is 14.7. The number of carbonyl (C=O) groups is 1. The molecule has 2 fully saturated rings. The molecular weight excluding hydrogens is 584 g/mol. The highest BCUT2D eigenvalue weighted by molar-refractivity contribution is 6.30. The predicted molar refractivity (Wildman–Crippen MR) is 156 cm³/mol. The molecule has 1 amide bonds. The van der Waals surface area contributed by atoms with E-state index in [1.807, 2.05) is 17.9 Å². The molecule has 1 N–H and O–H groups in total. The molecule has 0 unspecified atom stereocenters. The molecule has 0 spiro atoms. The minimum atomic E-state index is -0.924. The zero-order valence-corrected chi connectivity index (χ0v) is 25.2. The standard InChI is InChI=1S/C29H34ClF2N7O4/c1-16(18-7-5-9-33-23(18)36-27(40)43-28(2,3)4)39-11-12-41-25-19-21(20(32)22(30)35-25)34-26(37-24(19)39)42-15-29-8-6-10-38(29)14-17(31)13-29/h5,7,9,16-17H,6,8,10-15H2,1-4H3,(H,33,36,40)/t16-,17-,29+/m1/s1. The van der Waals surface area contributed by atoms with Crippen molar-refractivity contribution in [2.45, 2.75) is 70.3 Å². The summed E-state index contributed by atoms with van der Waals surface area (Å²) < 4.78 is 47.3. The number of alkyl halides is 1. The molecule has 0 aromatic carbocycles. The minimum Gasteiger partial charge on any atom is -0.475 e. The van der Waals surface area contributed by atoms with Gasteiger partial charge in [0.2, 0.25) is 5.88 Å². The molecule has 11 nitrogen and oxygen atoms in total. The molecule has 0 bridgehead atoms. The lowest BCUT2D eigenvalue weighted by atomic mass is 9.95. The molecule has 3 aliphatic heterocycles. The molecule has 3 aromatic heterocycles. The number of hydrogen-bond acceptors (Lipinski definition) is 10. The van der Waals surface area contributed by atoms with Crippen LogP contribution in [0, 0.1) is 5.82 Å². The predicted octanol–water partition coefficient (Wildman–Crippen LogP) is 5.47. The topological polar surface area (TPSA) is 115 Å². The number of anilines is 2. The highest BCUT2D eigenvalue weighted by Gasteiger charge is 2.49. The van der Waals surface area contributed by atoms with Gasteiger partial charge in [0.05, 0.1) is 18.1 Å². The Morgan fingerprint density at radius 2 is 2.12 bits per heavy atom. The van der Waals surface area contributed by atoms with Gasteiger partial charge in [0.1, 0.15) is 47.5 Å². The molecule has 43 heavy (non-hydrogen) atoms. The van der Waals surface area contributed by atoms with Crippen LogP contribution in [0.25, 0.3) is 10.9 Å². The fourth-order valence-corrected chi connectivity index (χ4v) is 6.42. The number of nitrogens with one attached hydrogen (secondary N) is 1. The van der Waals surface area contributed by atoms with Crippen molar-refractivity contribution in [2.75, 3.05) is 43.1 Å². The number of aromatic nitrogens is 4. The number of pyridine rings is 2. The fourth-order valence-electron chi connectivity index (χ4n) is 6.25. The summed E-state index contributed by atoms with van der Waals surface area (Å²) in [5.41, 5.74) is -0.576. The third-order valence-corrected chi connectivity index (χ3v) is 8.37. The monoisotopic (exact) mass is 617 g/mol. The van der Waals surface area contributed by atoms with Crippen molar-refractivity contribution < 1.29 is 27.8 Å². The quantitative estimate of drug-likeness (QED) is 0.357. The number of carbonyl (C=O) groups excluding carboxylic acids is 1. The summed E-state index contributed by atoms with van der Waals surface area (Å²) in [6, 6.07) is 3.08. The van der Waals surface area contributed by atoms with Gasteiger partial charge < -0.3 is 19.1 Å². The highest BCUT2D eigenvalue weighted by Crippen LogP contribution is 2.43. The lowest BCUT2D eigenvalue weighted by Crippen LogP contribution is -2.43. The van der Waals surface area contributed by atoms with Crippen LogP contribution in [0.15, 0.2) is 18.3 Å². The Balaban J connectivity index is 1.38. The van der Waals surface area contributed by atoms with E-state index in [4.69, 9.17) is 30.8 Å². The van der Waals surface area contributed by atoms with E-state index in [9.17, 15) is 9.18 Å². The largest absolute Gasteiger partial charge is 0.475 e. The number of hydrogen-bond donors (Lipinski definition) is 1. The smallest absolute Gasteiger partial charge is 0.413 e. The maximum absolute atomic E-state index is 15.5. The number of ether oxygens (including phenoxy) is 3. The molecule has 230 valence electrons. The number of halogens is 3. The van der Waals surface area contributed by atoms with Gasteiger partial charge in [0.25, 0.3) is 0 Å². The summed E-state index contributed by atoms with van der Waals surface area (Å²) in [6.07, 6.45) is 2.12. The SMILES string of the molecule is C[C@H](c1cccnc1NC(=O)OC(C)(C)C)N1CCOc2nc(Cl)c(F)c3nc(OC[C@@]45CCCN4C[C@H](F)C5)nc1c23. The van der Waals surface area contributed by atoms with E-state index < -0.39 is 35.3 Å². The lowest BCUT2D eigenvalue weighted by Gasteiger charge is -2.32. The number of amides is 1. The van der Waals surface area contributed by atoms with Crippen LogP contribution >= 0.6 is 11.6 Å². The third kappa shape index (κ3) is 5.72. The Morgan fingerprint density at radius 3 is 2.91 bits per heavy atom. The van der Waals surface area contributed by atoms with Crippen molar-refractivity contribution in [1.29, 1.82) is 0 Å². The van der Waals surface area contributed by atoms with Crippen molar-refractivity contribution in [1.82, 2.24) is 24.8 Å². The van der Waals surface area contributed by atoms with Crippen molar-refractivity contribution in [3.8, 4) is 11.9 Å². The van der Waals surface area contributed by atoms with Gasteiger partial charge in [-0.25, -0.2) is 18.6 Å². The second-order valence-electron chi connectivity index (χ2n) is 12.2. The first-order valence-electron chi connectivity index (χ1n) is 14.4. The molecule has 3 aliphatic rings. The summed E-state index contributed by atoms with van der Waals surface area (Å²) in [7, 11) is 0. The lowest BCUT2D eigenvalue weighted by molar-refractivity contribution is 0.0635. The Morgan fingerprint density at radius 1 is 1.30 bits per heavy atom. The molecule has 6 rings (SSSR count). The number of rotatable bonds is 6. The molecule has 3 atom stereocenters. The Kier molecular flexibility index (Phi) is 7.66. The minimum absolute atomic E-state index is 0.0597. The molecular formula is C29H34ClF2N7O4. The van der Waals surface area contributed by atoms with Gasteiger partial charge in [0, 0.05) is 24.7 Å². The zero-order chi connectivity index (χ0) is 30.5. The Bertz CT molecular complexity index is 1560. The normalized spacial score (nSPS) is 22.6. The van der Waals surface area contributed by atoms with E-state index in [1.165, 1.54) is 0 Å². The van der Waals surface area contributed by atoms with Gasteiger partial charge in [-0.05, 0) is 53.1 Å². The summed E-state index contributed by atoms with van der Waals surface area (Å²) in [5.74, 6) is -0.0939. The average molecular weight is 618 g/mol. The third-order valence-electron chi connectivity index (χ3n) is 8.12. The van der Waals surface area contributed by atoms with E-state index >= 15 is 4.39 Å². The first-order chi connectivity index (χ1) is 20.4. The molecule has 14 heteroatoms. The molecule has 3 aromatic rings. The molecule has 0 radical (unpaired) electrons. The second kappa shape index (κ2) is 11.2. The van der Waals surface area contributed by atoms with Crippen LogP contribution in [0.2, 0.25) is 5.15 Å².